The van der Waals surface area contributed by atoms with E-state index in [4.69, 9.17) is 0 Å². The third-order valence-electron chi connectivity index (χ3n) is 5.00. The number of aromatic nitrogens is 1. The summed E-state index contributed by atoms with van der Waals surface area (Å²) in [5.41, 5.74) is 3.53. The van der Waals surface area contributed by atoms with E-state index in [1.54, 1.807) is 4.90 Å². The van der Waals surface area contributed by atoms with E-state index in [1.807, 2.05) is 18.2 Å². The smallest absolute Gasteiger partial charge is 0.359 e. The van der Waals surface area contributed by atoms with Crippen LogP contribution < -0.4 is 0 Å². The summed E-state index contributed by atoms with van der Waals surface area (Å²) in [7, 11) is 0. The van der Waals surface area contributed by atoms with Crippen molar-refractivity contribution in [1.29, 1.82) is 0 Å². The zero-order valence-corrected chi connectivity index (χ0v) is 14.9. The number of aryl methyl sites for hydroxylation is 1. The van der Waals surface area contributed by atoms with Gasteiger partial charge in [-0.15, -0.1) is 0 Å². The fourth-order valence-corrected chi connectivity index (χ4v) is 3.76. The highest BCUT2D eigenvalue weighted by Gasteiger charge is 2.33. The summed E-state index contributed by atoms with van der Waals surface area (Å²) in [6.45, 7) is 3.10. The molecule has 1 saturated heterocycles. The molecule has 2 aromatic rings. The van der Waals surface area contributed by atoms with Crippen LogP contribution >= 0.6 is 0 Å². The molecule has 1 fully saturated rings. The number of H-pyrrole nitrogens is 1. The second-order valence-corrected chi connectivity index (χ2v) is 6.88. The van der Waals surface area contributed by atoms with Gasteiger partial charge in [-0.25, -0.2) is 0 Å². The Morgan fingerprint density at radius 1 is 1.31 bits per heavy atom. The fraction of sp³-hybridized carbons (Fsp3) is 0.526. The quantitative estimate of drug-likeness (QED) is 0.881. The highest BCUT2D eigenvalue weighted by Crippen LogP contribution is 2.35. The van der Waals surface area contributed by atoms with E-state index in [9.17, 15) is 18.0 Å². The summed E-state index contributed by atoms with van der Waals surface area (Å²) in [6.07, 6.45) is -3.92. The van der Waals surface area contributed by atoms with Crippen molar-refractivity contribution in [3.05, 3.63) is 35.5 Å². The van der Waals surface area contributed by atoms with Crippen LogP contribution in [0.1, 0.15) is 36.9 Å². The number of alkyl halides is 3. The first kappa shape index (κ1) is 18.8. The fourth-order valence-electron chi connectivity index (χ4n) is 3.76. The maximum absolute atomic E-state index is 12.3. The highest BCUT2D eigenvalue weighted by atomic mass is 19.4. The maximum atomic E-state index is 12.3. The number of halogens is 3. The van der Waals surface area contributed by atoms with Crippen molar-refractivity contribution in [2.24, 2.45) is 0 Å². The van der Waals surface area contributed by atoms with E-state index in [0.717, 1.165) is 24.1 Å². The summed E-state index contributed by atoms with van der Waals surface area (Å²) in [5.74, 6) is -0.0371. The van der Waals surface area contributed by atoms with Gasteiger partial charge in [0.15, 0.2) is 0 Å². The van der Waals surface area contributed by atoms with E-state index in [1.165, 1.54) is 17.9 Å². The van der Waals surface area contributed by atoms with E-state index in [0.29, 0.717) is 19.0 Å². The standard InChI is InChI=1S/C19H23F3N2O2/c1-12-17(15-5-3-4-6-16(15)23-12)14-7-9-24(10-8-14)18(25)13(2)26-11-19(20,21)22/h3-6,13-14,23H,7-11H2,1-2H3/t13-/m1/s1. The number of ether oxygens (including phenoxy) is 1. The summed E-state index contributed by atoms with van der Waals surface area (Å²) in [5, 5.41) is 1.21. The Morgan fingerprint density at radius 3 is 2.62 bits per heavy atom. The molecule has 1 amide bonds. The first-order chi connectivity index (χ1) is 12.3. The van der Waals surface area contributed by atoms with Gasteiger partial charge in [0.25, 0.3) is 5.91 Å². The first-order valence-corrected chi connectivity index (χ1v) is 8.80. The molecule has 1 aliphatic rings. The molecular weight excluding hydrogens is 345 g/mol. The normalized spacial score (nSPS) is 17.7. The van der Waals surface area contributed by atoms with Crippen LogP contribution in [0.25, 0.3) is 10.9 Å². The van der Waals surface area contributed by atoms with Crippen LogP contribution in [0.5, 0.6) is 0 Å². The van der Waals surface area contributed by atoms with Crippen LogP contribution in [0.3, 0.4) is 0 Å². The van der Waals surface area contributed by atoms with Gasteiger partial charge in [0.05, 0.1) is 0 Å². The molecule has 3 rings (SSSR count). The number of hydrogen-bond donors (Lipinski definition) is 1. The lowest BCUT2D eigenvalue weighted by molar-refractivity contribution is -0.188. The Bertz CT molecular complexity index is 777. The molecule has 0 radical (unpaired) electrons. The van der Waals surface area contributed by atoms with Crippen LogP contribution in [0.15, 0.2) is 24.3 Å². The maximum Gasteiger partial charge on any atom is 0.411 e. The van der Waals surface area contributed by atoms with E-state index in [-0.39, 0.29) is 5.91 Å². The van der Waals surface area contributed by atoms with Crippen molar-refractivity contribution < 1.29 is 22.7 Å². The molecule has 7 heteroatoms. The number of rotatable bonds is 4. The van der Waals surface area contributed by atoms with Gasteiger partial charge in [0.2, 0.25) is 0 Å². The van der Waals surface area contributed by atoms with Gasteiger partial charge in [0, 0.05) is 29.7 Å². The lowest BCUT2D eigenvalue weighted by Gasteiger charge is -2.34. The zero-order chi connectivity index (χ0) is 18.9. The Labute approximate surface area is 150 Å². The zero-order valence-electron chi connectivity index (χ0n) is 14.9. The number of amides is 1. The molecule has 2 heterocycles. The van der Waals surface area contributed by atoms with Crippen LogP contribution in [0.2, 0.25) is 0 Å². The number of carbonyl (C=O) groups is 1. The molecule has 26 heavy (non-hydrogen) atoms. The molecule has 1 atom stereocenters. The number of para-hydroxylation sites is 1. The molecule has 0 spiro atoms. The van der Waals surface area contributed by atoms with E-state index >= 15 is 0 Å². The summed E-state index contributed by atoms with van der Waals surface area (Å²) >= 11 is 0. The highest BCUT2D eigenvalue weighted by molar-refractivity contribution is 5.85. The average molecular weight is 368 g/mol. The van der Waals surface area contributed by atoms with Gasteiger partial charge >= 0.3 is 6.18 Å². The largest absolute Gasteiger partial charge is 0.411 e. The molecule has 0 saturated carbocycles. The molecule has 4 nitrogen and oxygen atoms in total. The van der Waals surface area contributed by atoms with Crippen molar-refractivity contribution >= 4 is 16.8 Å². The molecule has 0 bridgehead atoms. The van der Waals surface area contributed by atoms with Gasteiger partial charge < -0.3 is 14.6 Å². The number of fused-ring (bicyclic) bond motifs is 1. The van der Waals surface area contributed by atoms with Gasteiger partial charge in [0.1, 0.15) is 12.7 Å². The predicted molar refractivity (Wildman–Crippen MR) is 93.1 cm³/mol. The Hall–Kier alpha value is -2.02. The second-order valence-electron chi connectivity index (χ2n) is 6.88. The predicted octanol–water partition coefficient (Wildman–Crippen LogP) is 4.15. The number of aromatic amines is 1. The number of nitrogens with zero attached hydrogens (tertiary/aromatic N) is 1. The molecule has 0 unspecified atom stereocenters. The molecule has 0 aliphatic carbocycles. The SMILES string of the molecule is Cc1[nH]c2ccccc2c1C1CCN(C(=O)[C@@H](C)OCC(F)(F)F)CC1. The number of carbonyl (C=O) groups excluding carboxylic acids is 1. The topological polar surface area (TPSA) is 45.3 Å². The molecule has 1 aromatic heterocycles. The number of benzene rings is 1. The van der Waals surface area contributed by atoms with Crippen LogP contribution in [-0.2, 0) is 9.53 Å². The third kappa shape index (κ3) is 4.03. The van der Waals surface area contributed by atoms with E-state index in [2.05, 4.69) is 22.7 Å². The van der Waals surface area contributed by atoms with Crippen LogP contribution in [-0.4, -0.2) is 47.8 Å². The van der Waals surface area contributed by atoms with Crippen molar-refractivity contribution in [3.8, 4) is 0 Å². The Morgan fingerprint density at radius 2 is 1.96 bits per heavy atom. The Balaban J connectivity index is 1.62. The van der Waals surface area contributed by atoms with Crippen molar-refractivity contribution in [3.63, 3.8) is 0 Å². The monoisotopic (exact) mass is 368 g/mol. The Kier molecular flexibility index (Phi) is 5.27. The number of likely N-dealkylation sites (tertiary alicyclic amines) is 1. The molecule has 1 aliphatic heterocycles. The van der Waals surface area contributed by atoms with E-state index < -0.39 is 18.9 Å². The third-order valence-corrected chi connectivity index (χ3v) is 5.00. The lowest BCUT2D eigenvalue weighted by atomic mass is 9.87. The average Bonchev–Trinajstić information content (AvgIpc) is 2.94. The minimum Gasteiger partial charge on any atom is -0.359 e. The first-order valence-electron chi connectivity index (χ1n) is 8.80. The number of hydrogen-bond acceptors (Lipinski definition) is 2. The van der Waals surface area contributed by atoms with Crippen molar-refractivity contribution in [1.82, 2.24) is 9.88 Å². The second kappa shape index (κ2) is 7.31. The van der Waals surface area contributed by atoms with Gasteiger partial charge in [-0.2, -0.15) is 13.2 Å². The van der Waals surface area contributed by atoms with Crippen molar-refractivity contribution in [2.45, 2.75) is 44.9 Å². The summed E-state index contributed by atoms with van der Waals surface area (Å²) in [6, 6.07) is 8.14. The van der Waals surface area contributed by atoms with Crippen LogP contribution in [0, 0.1) is 6.92 Å². The summed E-state index contributed by atoms with van der Waals surface area (Å²) in [4.78, 5) is 17.3. The van der Waals surface area contributed by atoms with Gasteiger partial charge in [-0.05, 0) is 44.2 Å². The molecule has 1 aromatic carbocycles. The number of nitrogens with one attached hydrogen (secondary N) is 1. The van der Waals surface area contributed by atoms with Gasteiger partial charge in [-0.1, -0.05) is 18.2 Å². The van der Waals surface area contributed by atoms with Crippen LogP contribution in [0.4, 0.5) is 13.2 Å². The van der Waals surface area contributed by atoms with Crippen molar-refractivity contribution in [2.75, 3.05) is 19.7 Å². The number of piperidine rings is 1. The molecule has 1 N–H and O–H groups in total. The van der Waals surface area contributed by atoms with Gasteiger partial charge in [-0.3, -0.25) is 4.79 Å². The molecule has 142 valence electrons. The minimum absolute atomic E-state index is 0.335. The molecular formula is C19H23F3N2O2. The lowest BCUT2D eigenvalue weighted by Crippen LogP contribution is -2.44. The summed E-state index contributed by atoms with van der Waals surface area (Å²) < 4.78 is 41.4. The minimum atomic E-state index is -4.42.